The summed E-state index contributed by atoms with van der Waals surface area (Å²) in [4.78, 5) is 4.27. The molecule has 1 aromatic heterocycles. The number of aromatic nitrogens is 1. The molecule has 1 N–H and O–H groups in total. The van der Waals surface area contributed by atoms with Gasteiger partial charge in [-0.3, -0.25) is 0 Å². The van der Waals surface area contributed by atoms with Gasteiger partial charge in [-0.2, -0.15) is 13.2 Å². The number of rotatable bonds is 4. The molecule has 6 heteroatoms. The molecule has 2 nitrogen and oxygen atoms in total. The Labute approximate surface area is 109 Å². The summed E-state index contributed by atoms with van der Waals surface area (Å²) in [6, 6.07) is 0.415. The van der Waals surface area contributed by atoms with Crippen molar-refractivity contribution in [1.82, 2.24) is 10.3 Å². The third-order valence-electron chi connectivity index (χ3n) is 3.34. The number of alkyl halides is 3. The number of halogens is 3. The number of thiazole rings is 1. The predicted molar refractivity (Wildman–Crippen MR) is 65.7 cm³/mol. The molecule has 0 aromatic carbocycles. The minimum atomic E-state index is -4.31. The first kappa shape index (κ1) is 13.8. The number of nitrogens with one attached hydrogen (secondary N) is 1. The van der Waals surface area contributed by atoms with Gasteiger partial charge >= 0.3 is 6.18 Å². The fourth-order valence-electron chi connectivity index (χ4n) is 2.16. The van der Waals surface area contributed by atoms with E-state index in [9.17, 15) is 13.2 Å². The Kier molecular flexibility index (Phi) is 3.96. The summed E-state index contributed by atoms with van der Waals surface area (Å²) in [6.45, 7) is 5.02. The van der Waals surface area contributed by atoms with Gasteiger partial charge in [-0.25, -0.2) is 4.98 Å². The first-order chi connectivity index (χ1) is 8.38. The highest BCUT2D eigenvalue weighted by Gasteiger charge is 2.38. The highest BCUT2D eigenvalue weighted by molar-refractivity contribution is 7.11. The smallest absolute Gasteiger partial charge is 0.314 e. The van der Waals surface area contributed by atoms with E-state index in [2.05, 4.69) is 24.1 Å². The van der Waals surface area contributed by atoms with Crippen molar-refractivity contribution < 1.29 is 13.2 Å². The molecule has 0 saturated heterocycles. The Morgan fingerprint density at radius 2 is 2.17 bits per heavy atom. The summed E-state index contributed by atoms with van der Waals surface area (Å²) in [5.41, 5.74) is 0. The lowest BCUT2D eigenvalue weighted by Gasteiger charge is -2.36. The zero-order chi connectivity index (χ0) is 13.3. The van der Waals surface area contributed by atoms with Gasteiger partial charge in [0.25, 0.3) is 0 Å². The summed E-state index contributed by atoms with van der Waals surface area (Å²) >= 11 is 0.798. The maximum atomic E-state index is 12.5. The second kappa shape index (κ2) is 5.17. The van der Waals surface area contributed by atoms with Crippen molar-refractivity contribution in [2.24, 2.45) is 5.92 Å². The van der Waals surface area contributed by atoms with Crippen LogP contribution in [0.15, 0.2) is 6.20 Å². The van der Waals surface area contributed by atoms with Crippen LogP contribution in [0.2, 0.25) is 0 Å². The van der Waals surface area contributed by atoms with Crippen molar-refractivity contribution >= 4 is 11.3 Å². The van der Waals surface area contributed by atoms with E-state index in [1.807, 2.05) is 0 Å². The number of hydrogen-bond acceptors (Lipinski definition) is 3. The van der Waals surface area contributed by atoms with Gasteiger partial charge in [0, 0.05) is 17.1 Å². The maximum Gasteiger partial charge on any atom is 0.443 e. The summed E-state index contributed by atoms with van der Waals surface area (Å²) in [6.07, 6.45) is -0.842. The SMILES string of the molecule is CC(C)NCC1CCC1c1cnc(C(F)(F)F)s1. The molecule has 1 saturated carbocycles. The molecular weight excluding hydrogens is 261 g/mol. The second-order valence-electron chi connectivity index (χ2n) is 5.07. The Bertz CT molecular complexity index is 400. The second-order valence-corrected chi connectivity index (χ2v) is 6.13. The van der Waals surface area contributed by atoms with E-state index in [0.717, 1.165) is 35.6 Å². The fourth-order valence-corrected chi connectivity index (χ4v) is 3.18. The standard InChI is InChI=1S/C12H17F3N2S/c1-7(2)16-5-8-3-4-9(8)10-6-17-11(18-10)12(13,14)15/h6-9,16H,3-5H2,1-2H3. The quantitative estimate of drug-likeness (QED) is 0.909. The van der Waals surface area contributed by atoms with E-state index in [1.165, 1.54) is 6.20 Å². The van der Waals surface area contributed by atoms with Gasteiger partial charge in [-0.15, -0.1) is 11.3 Å². The lowest BCUT2D eigenvalue weighted by Crippen LogP contribution is -2.36. The normalized spacial score (nSPS) is 24.3. The minimum absolute atomic E-state index is 0.254. The molecule has 18 heavy (non-hydrogen) atoms. The molecule has 2 atom stereocenters. The topological polar surface area (TPSA) is 24.9 Å². The maximum absolute atomic E-state index is 12.5. The monoisotopic (exact) mass is 278 g/mol. The van der Waals surface area contributed by atoms with Crippen LogP contribution in [0, 0.1) is 5.92 Å². The third kappa shape index (κ3) is 3.03. The summed E-state index contributed by atoms with van der Waals surface area (Å²) < 4.78 is 37.4. The van der Waals surface area contributed by atoms with Crippen LogP contribution < -0.4 is 5.32 Å². The van der Waals surface area contributed by atoms with Crippen LogP contribution in [0.25, 0.3) is 0 Å². The highest BCUT2D eigenvalue weighted by Crippen LogP contribution is 2.45. The van der Waals surface area contributed by atoms with Crippen molar-refractivity contribution in [3.8, 4) is 0 Å². The number of hydrogen-bond donors (Lipinski definition) is 1. The largest absolute Gasteiger partial charge is 0.443 e. The Morgan fingerprint density at radius 3 is 2.61 bits per heavy atom. The van der Waals surface area contributed by atoms with Crippen molar-refractivity contribution in [2.45, 2.75) is 44.8 Å². The molecule has 0 radical (unpaired) electrons. The average molecular weight is 278 g/mol. The van der Waals surface area contributed by atoms with Gasteiger partial charge in [0.2, 0.25) is 0 Å². The zero-order valence-corrected chi connectivity index (χ0v) is 11.2. The van der Waals surface area contributed by atoms with Crippen LogP contribution in [-0.2, 0) is 6.18 Å². The van der Waals surface area contributed by atoms with Crippen LogP contribution in [0.1, 0.15) is 42.5 Å². The molecule has 1 aromatic rings. The van der Waals surface area contributed by atoms with Gasteiger partial charge < -0.3 is 5.32 Å². The molecule has 2 unspecified atom stereocenters. The van der Waals surface area contributed by atoms with E-state index in [4.69, 9.17) is 0 Å². The van der Waals surface area contributed by atoms with Gasteiger partial charge in [0.1, 0.15) is 0 Å². The van der Waals surface area contributed by atoms with Gasteiger partial charge in [-0.05, 0) is 31.2 Å². The molecule has 2 rings (SSSR count). The summed E-state index contributed by atoms with van der Waals surface area (Å²) in [5, 5.41) is 2.62. The van der Waals surface area contributed by atoms with Crippen LogP contribution in [0.5, 0.6) is 0 Å². The Morgan fingerprint density at radius 1 is 1.44 bits per heavy atom. The van der Waals surface area contributed by atoms with Gasteiger partial charge in [-0.1, -0.05) is 13.8 Å². The zero-order valence-electron chi connectivity index (χ0n) is 10.4. The molecule has 0 amide bonds. The average Bonchev–Trinajstić information content (AvgIpc) is 2.64. The predicted octanol–water partition coefficient (Wildman–Crippen LogP) is 3.65. The molecule has 0 bridgehead atoms. The molecule has 0 spiro atoms. The summed E-state index contributed by atoms with van der Waals surface area (Å²) in [5.74, 6) is 0.707. The van der Waals surface area contributed by atoms with Crippen LogP contribution in [-0.4, -0.2) is 17.6 Å². The first-order valence-corrected chi connectivity index (χ1v) is 6.96. The lowest BCUT2D eigenvalue weighted by atomic mass is 9.73. The van der Waals surface area contributed by atoms with E-state index >= 15 is 0 Å². The minimum Gasteiger partial charge on any atom is -0.314 e. The lowest BCUT2D eigenvalue weighted by molar-refractivity contribution is -0.137. The molecule has 102 valence electrons. The van der Waals surface area contributed by atoms with E-state index in [-0.39, 0.29) is 5.92 Å². The fraction of sp³-hybridized carbons (Fsp3) is 0.750. The Balaban J connectivity index is 1.97. The van der Waals surface area contributed by atoms with E-state index < -0.39 is 11.2 Å². The van der Waals surface area contributed by atoms with Gasteiger partial charge in [0.15, 0.2) is 5.01 Å². The molecule has 1 aliphatic rings. The van der Waals surface area contributed by atoms with Crippen molar-refractivity contribution in [1.29, 1.82) is 0 Å². The van der Waals surface area contributed by atoms with E-state index in [0.29, 0.717) is 12.0 Å². The van der Waals surface area contributed by atoms with Crippen molar-refractivity contribution in [2.75, 3.05) is 6.54 Å². The van der Waals surface area contributed by atoms with Crippen LogP contribution in [0.4, 0.5) is 13.2 Å². The van der Waals surface area contributed by atoms with E-state index in [1.54, 1.807) is 0 Å². The molecular formula is C12H17F3N2S. The first-order valence-electron chi connectivity index (χ1n) is 6.14. The van der Waals surface area contributed by atoms with Crippen molar-refractivity contribution in [3.63, 3.8) is 0 Å². The van der Waals surface area contributed by atoms with Crippen molar-refractivity contribution in [3.05, 3.63) is 16.1 Å². The Hall–Kier alpha value is -0.620. The van der Waals surface area contributed by atoms with Crippen LogP contribution >= 0.6 is 11.3 Å². The number of nitrogens with zero attached hydrogens (tertiary/aromatic N) is 1. The third-order valence-corrected chi connectivity index (χ3v) is 4.51. The summed E-state index contributed by atoms with van der Waals surface area (Å²) in [7, 11) is 0. The molecule has 0 aliphatic heterocycles. The molecule has 1 aliphatic carbocycles. The van der Waals surface area contributed by atoms with Crippen LogP contribution in [0.3, 0.4) is 0 Å². The highest BCUT2D eigenvalue weighted by atomic mass is 32.1. The molecule has 1 fully saturated rings. The van der Waals surface area contributed by atoms with Gasteiger partial charge in [0.05, 0.1) is 0 Å². The molecule has 1 heterocycles.